The monoisotopic (exact) mass is 167 g/mol. The summed E-state index contributed by atoms with van der Waals surface area (Å²) >= 11 is 0. The topological polar surface area (TPSA) is 156 Å². The molecule has 0 rings (SSSR count). The molecule has 0 fully saturated rings. The van der Waals surface area contributed by atoms with Gasteiger partial charge in [0.25, 0.3) is 0 Å². The van der Waals surface area contributed by atoms with Crippen LogP contribution in [0.2, 0.25) is 0 Å². The number of hydrogen-bond acceptors (Lipinski definition) is 1. The van der Waals surface area contributed by atoms with Crippen LogP contribution in [0.25, 0.3) is 0 Å². The Labute approximate surface area is 73.8 Å². The average molecular weight is 167 g/mol. The Bertz CT molecular complexity index is 8.04. The van der Waals surface area contributed by atoms with Gasteiger partial charge in [-0.15, -0.1) is 0 Å². The van der Waals surface area contributed by atoms with Gasteiger partial charge in [-0.05, 0) is 0 Å². The van der Waals surface area contributed by atoms with E-state index in [1.165, 1.54) is 0 Å². The second-order valence-electron chi connectivity index (χ2n) is 0. The van der Waals surface area contributed by atoms with Gasteiger partial charge in [-0.2, -0.15) is 0 Å². The third kappa shape index (κ3) is 119. The molecule has 7 heavy (non-hydrogen) atoms. The first-order chi connectivity index (χ1) is 0. The standard InChI is InChI=1S/Mn.Na.5H2O/h;;5*1H2/q;+1;;;;;/p-1. The van der Waals surface area contributed by atoms with Crippen LogP contribution in [0.3, 0.4) is 0 Å². The summed E-state index contributed by atoms with van der Waals surface area (Å²) in [7, 11) is 0. The van der Waals surface area contributed by atoms with E-state index in [0.717, 1.165) is 0 Å². The minimum Gasteiger partial charge on any atom is -0.870 e. The summed E-state index contributed by atoms with van der Waals surface area (Å²) in [5.41, 5.74) is 0. The molecule has 0 saturated heterocycles. The van der Waals surface area contributed by atoms with Gasteiger partial charge in [0.1, 0.15) is 0 Å². The molecular weight excluding hydrogens is 158 g/mol. The number of rotatable bonds is 0. The second kappa shape index (κ2) is 168. The molecule has 1 radical (unpaired) electrons. The Balaban J connectivity index is 0. The predicted molar refractivity (Wildman–Crippen MR) is 16.4 cm³/mol. The average Bonchev–Trinajstić information content (AvgIpc) is 0. The summed E-state index contributed by atoms with van der Waals surface area (Å²) in [6.45, 7) is 0. The largest absolute Gasteiger partial charge is 1.00 e. The van der Waals surface area contributed by atoms with Crippen LogP contribution in [0.1, 0.15) is 0 Å². The van der Waals surface area contributed by atoms with Crippen LogP contribution in [0.4, 0.5) is 0 Å². The fourth-order valence-corrected chi connectivity index (χ4v) is 0. The summed E-state index contributed by atoms with van der Waals surface area (Å²) in [6, 6.07) is 0. The molecule has 5 nitrogen and oxygen atoms in total. The van der Waals surface area contributed by atoms with Crippen LogP contribution in [0, 0.1) is 0 Å². The Morgan fingerprint density at radius 1 is 0.571 bits per heavy atom. The predicted octanol–water partition coefficient (Wildman–Crippen LogP) is -6.47. The van der Waals surface area contributed by atoms with E-state index in [1.807, 2.05) is 0 Å². The molecule has 0 aromatic heterocycles. The molecule has 0 amide bonds. The summed E-state index contributed by atoms with van der Waals surface area (Å²) in [5, 5.41) is 0. The van der Waals surface area contributed by atoms with E-state index in [2.05, 4.69) is 0 Å². The first kappa shape index (κ1) is 256. The quantitative estimate of drug-likeness (QED) is 0.323. The molecule has 7 heteroatoms. The van der Waals surface area contributed by atoms with Crippen LogP contribution in [-0.2, 0) is 17.1 Å². The molecule has 0 aliphatic carbocycles. The molecule has 0 bridgehead atoms. The van der Waals surface area contributed by atoms with E-state index < -0.39 is 0 Å². The van der Waals surface area contributed by atoms with Gasteiger partial charge >= 0.3 is 29.6 Å². The van der Waals surface area contributed by atoms with Gasteiger partial charge in [-0.3, -0.25) is 0 Å². The first-order valence-electron chi connectivity index (χ1n) is 0. The normalized spacial score (nSPS) is 0. The zero-order chi connectivity index (χ0) is 0. The third-order valence-corrected chi connectivity index (χ3v) is 0. The van der Waals surface area contributed by atoms with Crippen molar-refractivity contribution in [2.45, 2.75) is 0 Å². The molecule has 0 aromatic carbocycles. The van der Waals surface area contributed by atoms with Gasteiger partial charge in [-0.1, -0.05) is 0 Å². The van der Waals surface area contributed by atoms with Crippen molar-refractivity contribution in [3.05, 3.63) is 0 Å². The van der Waals surface area contributed by atoms with Crippen LogP contribution in [-0.4, -0.2) is 27.4 Å². The Morgan fingerprint density at radius 2 is 0.571 bits per heavy atom. The van der Waals surface area contributed by atoms with Crippen molar-refractivity contribution in [3.8, 4) is 0 Å². The van der Waals surface area contributed by atoms with Gasteiger partial charge in [0, 0.05) is 17.1 Å². The van der Waals surface area contributed by atoms with E-state index in [4.69, 9.17) is 0 Å². The molecule has 0 unspecified atom stereocenters. The van der Waals surface area contributed by atoms with Gasteiger partial charge < -0.3 is 27.4 Å². The Kier molecular flexibility index (Phi) is 6140. The molecule has 47 valence electrons. The van der Waals surface area contributed by atoms with Crippen molar-refractivity contribution < 1.29 is 74.0 Å². The van der Waals surface area contributed by atoms with E-state index in [0.29, 0.717) is 0 Å². The summed E-state index contributed by atoms with van der Waals surface area (Å²) in [5.74, 6) is 0. The van der Waals surface area contributed by atoms with Gasteiger partial charge in [0.05, 0.1) is 0 Å². The van der Waals surface area contributed by atoms with Crippen molar-refractivity contribution in [1.82, 2.24) is 0 Å². The van der Waals surface area contributed by atoms with Crippen molar-refractivity contribution in [2.75, 3.05) is 0 Å². The maximum Gasteiger partial charge on any atom is 1.00 e. The van der Waals surface area contributed by atoms with Crippen molar-refractivity contribution in [3.63, 3.8) is 0 Å². The first-order valence-corrected chi connectivity index (χ1v) is 0. The Hall–Kier alpha value is 1.32. The van der Waals surface area contributed by atoms with Gasteiger partial charge in [-0.25, -0.2) is 0 Å². The zero-order valence-electron chi connectivity index (χ0n) is 3.83. The van der Waals surface area contributed by atoms with Crippen molar-refractivity contribution in [1.29, 1.82) is 0 Å². The maximum absolute atomic E-state index is 0. The van der Waals surface area contributed by atoms with Crippen molar-refractivity contribution in [2.24, 2.45) is 0 Å². The third-order valence-electron chi connectivity index (χ3n) is 0. The molecule has 0 heterocycles. The smallest absolute Gasteiger partial charge is 0.870 e. The molecule has 0 aliphatic rings. The summed E-state index contributed by atoms with van der Waals surface area (Å²) in [6.07, 6.45) is 0. The van der Waals surface area contributed by atoms with Crippen LogP contribution in [0.5, 0.6) is 0 Å². The van der Waals surface area contributed by atoms with E-state index in [-0.39, 0.29) is 74.0 Å². The summed E-state index contributed by atoms with van der Waals surface area (Å²) in [4.78, 5) is 0. The van der Waals surface area contributed by atoms with Crippen LogP contribution < -0.4 is 29.6 Å². The molecule has 0 atom stereocenters. The van der Waals surface area contributed by atoms with E-state index >= 15 is 0 Å². The minimum absolute atomic E-state index is 0. The van der Waals surface area contributed by atoms with E-state index in [9.17, 15) is 0 Å². The van der Waals surface area contributed by atoms with Crippen molar-refractivity contribution >= 4 is 0 Å². The van der Waals surface area contributed by atoms with Gasteiger partial charge in [0.15, 0.2) is 0 Å². The maximum atomic E-state index is 0. The second-order valence-corrected chi connectivity index (χ2v) is 0. The summed E-state index contributed by atoms with van der Waals surface area (Å²) < 4.78 is 0. The van der Waals surface area contributed by atoms with Crippen LogP contribution in [0.15, 0.2) is 0 Å². The SMILES string of the molecule is O.O.O.O.[Mn].[Na+].[OH-]. The molecule has 0 aromatic rings. The number of hydrogen-bond donors (Lipinski definition) is 0. The molecular formula is H9MnNaO5. The molecule has 9 N–H and O–H groups in total. The van der Waals surface area contributed by atoms with Gasteiger partial charge in [0.2, 0.25) is 0 Å². The molecule has 0 aliphatic heterocycles. The fraction of sp³-hybridized carbons (Fsp3) is 0. The zero-order valence-corrected chi connectivity index (χ0v) is 7.01. The fourth-order valence-electron chi connectivity index (χ4n) is 0. The molecule has 0 saturated carbocycles. The Morgan fingerprint density at radius 3 is 0.571 bits per heavy atom. The minimum atomic E-state index is 0. The van der Waals surface area contributed by atoms with E-state index in [1.54, 1.807) is 0 Å². The molecule has 0 spiro atoms. The van der Waals surface area contributed by atoms with Crippen LogP contribution >= 0.6 is 0 Å².